The number of thiophene rings is 1. The zero-order chi connectivity index (χ0) is 12.9. The van der Waals surface area contributed by atoms with E-state index in [-0.39, 0.29) is 5.52 Å². The second-order valence-electron chi connectivity index (χ2n) is 3.61. The van der Waals surface area contributed by atoms with Gasteiger partial charge in [-0.25, -0.2) is 13.8 Å². The van der Waals surface area contributed by atoms with Gasteiger partial charge in [0.2, 0.25) is 0 Å². The normalized spacial score (nSPS) is 11.3. The van der Waals surface area contributed by atoms with E-state index in [1.54, 1.807) is 0 Å². The predicted molar refractivity (Wildman–Crippen MR) is 74.7 cm³/mol. The van der Waals surface area contributed by atoms with Crippen molar-refractivity contribution in [3.8, 4) is 11.4 Å². The largest absolute Gasteiger partial charge is 0.338 e. The molecule has 0 radical (unpaired) electrons. The van der Waals surface area contributed by atoms with Crippen molar-refractivity contribution < 1.29 is 8.78 Å². The molecule has 0 aliphatic carbocycles. The van der Waals surface area contributed by atoms with Crippen molar-refractivity contribution >= 4 is 54.2 Å². The van der Waals surface area contributed by atoms with Crippen LogP contribution in [0.2, 0.25) is 0 Å². The standard InChI is InChI=1S/C11H4Br2F2N2S/c12-8-3-5(10(13)18-8)11-16-7-2-4(14)1-6(15)9(7)17-11/h1-3H,(H,16,17). The lowest BCUT2D eigenvalue weighted by Gasteiger charge is -1.90. The molecule has 7 heteroatoms. The number of nitrogens with zero attached hydrogens (tertiary/aromatic N) is 1. The van der Waals surface area contributed by atoms with Crippen LogP contribution in [0.25, 0.3) is 22.4 Å². The fourth-order valence-corrected chi connectivity index (χ4v) is 4.48. The number of halogens is 4. The fourth-order valence-electron chi connectivity index (χ4n) is 1.67. The molecule has 0 spiro atoms. The highest BCUT2D eigenvalue weighted by Crippen LogP contribution is 2.38. The Morgan fingerprint density at radius 3 is 2.61 bits per heavy atom. The van der Waals surface area contributed by atoms with Crippen LogP contribution in [-0.4, -0.2) is 9.97 Å². The number of imidazole rings is 1. The van der Waals surface area contributed by atoms with E-state index in [4.69, 9.17) is 0 Å². The van der Waals surface area contributed by atoms with E-state index in [2.05, 4.69) is 41.8 Å². The Balaban J connectivity index is 2.25. The van der Waals surface area contributed by atoms with Gasteiger partial charge in [0.25, 0.3) is 0 Å². The molecule has 3 aromatic rings. The molecule has 0 saturated heterocycles. The molecule has 0 atom stereocenters. The summed E-state index contributed by atoms with van der Waals surface area (Å²) in [5.41, 5.74) is 1.29. The zero-order valence-electron chi connectivity index (χ0n) is 8.60. The number of aromatic nitrogens is 2. The van der Waals surface area contributed by atoms with Gasteiger partial charge >= 0.3 is 0 Å². The maximum absolute atomic E-state index is 13.5. The molecule has 0 aliphatic heterocycles. The SMILES string of the molecule is Fc1cc(F)c2nc(-c3cc(Br)sc3Br)[nH]c2c1. The van der Waals surface area contributed by atoms with E-state index in [0.717, 1.165) is 19.2 Å². The van der Waals surface area contributed by atoms with Crippen molar-refractivity contribution in [1.82, 2.24) is 9.97 Å². The van der Waals surface area contributed by atoms with Gasteiger partial charge in [0.15, 0.2) is 5.82 Å². The van der Waals surface area contributed by atoms with Crippen molar-refractivity contribution in [3.63, 3.8) is 0 Å². The molecule has 1 aromatic carbocycles. The first-order chi connectivity index (χ1) is 8.54. The minimum atomic E-state index is -0.669. The summed E-state index contributed by atoms with van der Waals surface area (Å²) in [4.78, 5) is 7.07. The van der Waals surface area contributed by atoms with Gasteiger partial charge in [-0.05, 0) is 44.0 Å². The Kier molecular flexibility index (Phi) is 2.99. The topological polar surface area (TPSA) is 28.7 Å². The summed E-state index contributed by atoms with van der Waals surface area (Å²) in [6.45, 7) is 0. The van der Waals surface area contributed by atoms with E-state index < -0.39 is 11.6 Å². The molecule has 92 valence electrons. The van der Waals surface area contributed by atoms with Crippen LogP contribution in [0.4, 0.5) is 8.78 Å². The number of aromatic amines is 1. The van der Waals surface area contributed by atoms with Crippen molar-refractivity contribution in [1.29, 1.82) is 0 Å². The van der Waals surface area contributed by atoms with Crippen LogP contribution in [0, 0.1) is 11.6 Å². The number of fused-ring (bicyclic) bond motifs is 1. The van der Waals surface area contributed by atoms with E-state index in [0.29, 0.717) is 11.3 Å². The van der Waals surface area contributed by atoms with Gasteiger partial charge in [0.1, 0.15) is 17.2 Å². The average molecular weight is 394 g/mol. The lowest BCUT2D eigenvalue weighted by Crippen LogP contribution is -1.81. The first-order valence-electron chi connectivity index (χ1n) is 4.84. The molecule has 2 aromatic heterocycles. The molecule has 2 nitrogen and oxygen atoms in total. The second-order valence-corrected chi connectivity index (χ2v) is 7.36. The lowest BCUT2D eigenvalue weighted by atomic mass is 10.3. The third-order valence-corrected chi connectivity index (χ3v) is 4.76. The monoisotopic (exact) mass is 392 g/mol. The molecule has 3 rings (SSSR count). The Labute approximate surface area is 121 Å². The average Bonchev–Trinajstić information content (AvgIpc) is 2.81. The highest BCUT2D eigenvalue weighted by molar-refractivity contribution is 9.12. The third-order valence-electron chi connectivity index (χ3n) is 2.42. The van der Waals surface area contributed by atoms with Crippen LogP contribution < -0.4 is 0 Å². The van der Waals surface area contributed by atoms with E-state index in [9.17, 15) is 8.78 Å². The predicted octanol–water partition coefficient (Wildman–Crippen LogP) is 5.09. The van der Waals surface area contributed by atoms with E-state index in [1.807, 2.05) is 6.07 Å². The summed E-state index contributed by atoms with van der Waals surface area (Å²) in [6.07, 6.45) is 0. The van der Waals surface area contributed by atoms with Crippen LogP contribution in [0.3, 0.4) is 0 Å². The highest BCUT2D eigenvalue weighted by Gasteiger charge is 2.14. The Bertz CT molecular complexity index is 751. The third kappa shape index (κ3) is 2.00. The first kappa shape index (κ1) is 12.3. The summed E-state index contributed by atoms with van der Waals surface area (Å²) >= 11 is 8.25. The van der Waals surface area contributed by atoms with Gasteiger partial charge < -0.3 is 4.98 Å². The minimum absolute atomic E-state index is 0.139. The number of hydrogen-bond donors (Lipinski definition) is 1. The number of nitrogens with one attached hydrogen (secondary N) is 1. The van der Waals surface area contributed by atoms with Crippen LogP contribution in [-0.2, 0) is 0 Å². The van der Waals surface area contributed by atoms with Gasteiger partial charge in [-0.2, -0.15) is 0 Å². The number of rotatable bonds is 1. The van der Waals surface area contributed by atoms with Gasteiger partial charge in [-0.1, -0.05) is 0 Å². The summed E-state index contributed by atoms with van der Waals surface area (Å²) < 4.78 is 28.4. The van der Waals surface area contributed by atoms with Crippen LogP contribution in [0.15, 0.2) is 25.8 Å². The highest BCUT2D eigenvalue weighted by atomic mass is 79.9. The van der Waals surface area contributed by atoms with Crippen molar-refractivity contribution in [2.45, 2.75) is 0 Å². The summed E-state index contributed by atoms with van der Waals surface area (Å²) in [7, 11) is 0. The molecule has 18 heavy (non-hydrogen) atoms. The molecule has 0 fully saturated rings. The molecule has 1 N–H and O–H groups in total. The van der Waals surface area contributed by atoms with Crippen molar-refractivity contribution in [3.05, 3.63) is 37.4 Å². The molecule has 2 heterocycles. The Morgan fingerprint density at radius 2 is 1.94 bits per heavy atom. The number of benzene rings is 1. The Hall–Kier alpha value is -0.790. The van der Waals surface area contributed by atoms with E-state index in [1.165, 1.54) is 17.4 Å². The van der Waals surface area contributed by atoms with Crippen molar-refractivity contribution in [2.75, 3.05) is 0 Å². The summed E-state index contributed by atoms with van der Waals surface area (Å²) in [5.74, 6) is -0.790. The molecular formula is C11H4Br2F2N2S. The molecule has 0 aliphatic rings. The molecule has 0 amide bonds. The van der Waals surface area contributed by atoms with Crippen molar-refractivity contribution in [2.24, 2.45) is 0 Å². The lowest BCUT2D eigenvalue weighted by molar-refractivity contribution is 0.591. The van der Waals surface area contributed by atoms with Crippen LogP contribution in [0.5, 0.6) is 0 Å². The minimum Gasteiger partial charge on any atom is -0.338 e. The van der Waals surface area contributed by atoms with Gasteiger partial charge in [0.05, 0.1) is 13.1 Å². The van der Waals surface area contributed by atoms with Gasteiger partial charge in [-0.3, -0.25) is 0 Å². The fraction of sp³-hybridized carbons (Fsp3) is 0. The van der Waals surface area contributed by atoms with Gasteiger partial charge in [-0.15, -0.1) is 11.3 Å². The Morgan fingerprint density at radius 1 is 1.17 bits per heavy atom. The maximum Gasteiger partial charge on any atom is 0.153 e. The quantitative estimate of drug-likeness (QED) is 0.612. The number of H-pyrrole nitrogens is 1. The smallest absolute Gasteiger partial charge is 0.153 e. The molecule has 0 saturated carbocycles. The molecule has 0 bridgehead atoms. The summed E-state index contributed by atoms with van der Waals surface area (Å²) in [6, 6.07) is 3.91. The number of hydrogen-bond acceptors (Lipinski definition) is 2. The first-order valence-corrected chi connectivity index (χ1v) is 7.25. The van der Waals surface area contributed by atoms with Crippen LogP contribution in [0.1, 0.15) is 0 Å². The molecule has 0 unspecified atom stereocenters. The van der Waals surface area contributed by atoms with Gasteiger partial charge in [0, 0.05) is 11.6 Å². The van der Waals surface area contributed by atoms with Crippen LogP contribution >= 0.6 is 43.2 Å². The maximum atomic E-state index is 13.5. The summed E-state index contributed by atoms with van der Waals surface area (Å²) in [5, 5.41) is 0. The zero-order valence-corrected chi connectivity index (χ0v) is 12.6. The second kappa shape index (κ2) is 4.40. The van der Waals surface area contributed by atoms with E-state index >= 15 is 0 Å². The molecular weight excluding hydrogens is 390 g/mol.